The highest BCUT2D eigenvalue weighted by atomic mass is 16.3. The van der Waals surface area contributed by atoms with Crippen molar-refractivity contribution < 1.29 is 4.42 Å². The summed E-state index contributed by atoms with van der Waals surface area (Å²) >= 11 is 0. The highest BCUT2D eigenvalue weighted by molar-refractivity contribution is 5.65. The zero-order chi connectivity index (χ0) is 11.5. The first-order valence-corrected chi connectivity index (χ1v) is 5.45. The number of nitrogens with zero attached hydrogens (tertiary/aromatic N) is 1. The Balaban J connectivity index is 2.54. The highest BCUT2D eigenvalue weighted by Gasteiger charge is 2.15. The van der Waals surface area contributed by atoms with Crippen LogP contribution in [0, 0.1) is 0 Å². The molecule has 1 aromatic carbocycles. The zero-order valence-corrected chi connectivity index (χ0v) is 9.60. The Morgan fingerprint density at radius 3 is 2.75 bits per heavy atom. The second-order valence-corrected chi connectivity index (χ2v) is 4.08. The molecular weight excluding hydrogens is 200 g/mol. The summed E-state index contributed by atoms with van der Waals surface area (Å²) in [6, 6.07) is 8.04. The molecule has 0 bridgehead atoms. The molecule has 0 saturated carbocycles. The number of aromatic nitrogens is 1. The first kappa shape index (κ1) is 10.9. The van der Waals surface area contributed by atoms with E-state index in [9.17, 15) is 0 Å². The largest absolute Gasteiger partial charge is 0.448 e. The summed E-state index contributed by atoms with van der Waals surface area (Å²) in [6.45, 7) is 4.70. The summed E-state index contributed by atoms with van der Waals surface area (Å²) < 4.78 is 5.43. The molecule has 2 rings (SSSR count). The molecule has 0 atom stereocenters. The molecule has 1 aromatic heterocycles. The third-order valence-corrected chi connectivity index (χ3v) is 2.61. The first-order valence-electron chi connectivity index (χ1n) is 5.45. The Kier molecular flexibility index (Phi) is 3.06. The van der Waals surface area contributed by atoms with Crippen molar-refractivity contribution in [2.75, 3.05) is 0 Å². The molecule has 84 valence electrons. The van der Waals surface area contributed by atoms with Crippen LogP contribution in [0.15, 0.2) is 35.1 Å². The van der Waals surface area contributed by atoms with Crippen molar-refractivity contribution in [2.45, 2.75) is 26.3 Å². The first-order chi connectivity index (χ1) is 7.74. The van der Waals surface area contributed by atoms with E-state index in [4.69, 9.17) is 10.2 Å². The molecule has 0 amide bonds. The van der Waals surface area contributed by atoms with E-state index in [2.05, 4.69) is 18.8 Å². The van der Waals surface area contributed by atoms with Crippen LogP contribution in [0.2, 0.25) is 0 Å². The van der Waals surface area contributed by atoms with E-state index >= 15 is 0 Å². The Labute approximate surface area is 95.3 Å². The standard InChI is InChI=1S/C13H16N2O/c1-9(2)13-12(15-8-16-13)11-6-4-3-5-10(11)7-14/h3-6,8-9H,7,14H2,1-2H3. The van der Waals surface area contributed by atoms with E-state index in [1.165, 1.54) is 6.39 Å². The number of hydrogen-bond donors (Lipinski definition) is 1. The molecule has 1 heterocycles. The van der Waals surface area contributed by atoms with E-state index < -0.39 is 0 Å². The SMILES string of the molecule is CC(C)c1ocnc1-c1ccccc1CN. The maximum Gasteiger partial charge on any atom is 0.181 e. The van der Waals surface area contributed by atoms with Crippen LogP contribution < -0.4 is 5.73 Å². The Morgan fingerprint density at radius 1 is 1.31 bits per heavy atom. The van der Waals surface area contributed by atoms with Crippen molar-refractivity contribution in [1.29, 1.82) is 0 Å². The van der Waals surface area contributed by atoms with Gasteiger partial charge in [-0.05, 0) is 5.56 Å². The van der Waals surface area contributed by atoms with Crippen LogP contribution in [0.3, 0.4) is 0 Å². The molecule has 16 heavy (non-hydrogen) atoms. The molecule has 0 aliphatic heterocycles. The van der Waals surface area contributed by atoms with Gasteiger partial charge in [-0.25, -0.2) is 4.98 Å². The van der Waals surface area contributed by atoms with Crippen molar-refractivity contribution >= 4 is 0 Å². The molecule has 3 nitrogen and oxygen atoms in total. The van der Waals surface area contributed by atoms with Gasteiger partial charge in [0.25, 0.3) is 0 Å². The number of oxazole rings is 1. The maximum absolute atomic E-state index is 5.72. The summed E-state index contributed by atoms with van der Waals surface area (Å²) in [5.74, 6) is 1.24. The van der Waals surface area contributed by atoms with Gasteiger partial charge < -0.3 is 10.2 Å². The van der Waals surface area contributed by atoms with Gasteiger partial charge in [0.05, 0.1) is 0 Å². The van der Waals surface area contributed by atoms with Crippen LogP contribution in [0.4, 0.5) is 0 Å². The summed E-state index contributed by atoms with van der Waals surface area (Å²) in [5, 5.41) is 0. The molecule has 0 aliphatic carbocycles. The lowest BCUT2D eigenvalue weighted by atomic mass is 10.00. The fourth-order valence-electron chi connectivity index (χ4n) is 1.80. The molecule has 0 aliphatic rings. The number of benzene rings is 1. The summed E-state index contributed by atoms with van der Waals surface area (Å²) in [5.41, 5.74) is 8.80. The summed E-state index contributed by atoms with van der Waals surface area (Å²) in [7, 11) is 0. The molecule has 0 radical (unpaired) electrons. The number of nitrogens with two attached hydrogens (primary N) is 1. The number of rotatable bonds is 3. The van der Waals surface area contributed by atoms with Gasteiger partial charge in [0.1, 0.15) is 11.5 Å². The summed E-state index contributed by atoms with van der Waals surface area (Å²) in [6.07, 6.45) is 1.50. The van der Waals surface area contributed by atoms with Gasteiger partial charge in [-0.1, -0.05) is 38.1 Å². The third-order valence-electron chi connectivity index (χ3n) is 2.61. The second kappa shape index (κ2) is 4.49. The van der Waals surface area contributed by atoms with Crippen LogP contribution in [-0.4, -0.2) is 4.98 Å². The van der Waals surface area contributed by atoms with Gasteiger partial charge in [-0.15, -0.1) is 0 Å². The average Bonchev–Trinajstić information content (AvgIpc) is 2.77. The maximum atomic E-state index is 5.72. The van der Waals surface area contributed by atoms with Crippen LogP contribution >= 0.6 is 0 Å². The van der Waals surface area contributed by atoms with Crippen LogP contribution in [0.1, 0.15) is 31.1 Å². The van der Waals surface area contributed by atoms with Crippen molar-refractivity contribution in [3.05, 3.63) is 42.0 Å². The fraction of sp³-hybridized carbons (Fsp3) is 0.308. The fourth-order valence-corrected chi connectivity index (χ4v) is 1.80. The van der Waals surface area contributed by atoms with Gasteiger partial charge in [0, 0.05) is 18.0 Å². The van der Waals surface area contributed by atoms with Crippen molar-refractivity contribution in [3.63, 3.8) is 0 Å². The van der Waals surface area contributed by atoms with E-state index in [1.54, 1.807) is 0 Å². The smallest absolute Gasteiger partial charge is 0.181 e. The topological polar surface area (TPSA) is 52.0 Å². The van der Waals surface area contributed by atoms with Crippen LogP contribution in [0.5, 0.6) is 0 Å². The lowest BCUT2D eigenvalue weighted by molar-refractivity contribution is 0.483. The van der Waals surface area contributed by atoms with Gasteiger partial charge in [0.15, 0.2) is 6.39 Å². The molecule has 0 spiro atoms. The monoisotopic (exact) mass is 216 g/mol. The molecular formula is C13H16N2O. The normalized spacial score (nSPS) is 11.0. The van der Waals surface area contributed by atoms with Crippen molar-refractivity contribution in [2.24, 2.45) is 5.73 Å². The van der Waals surface area contributed by atoms with E-state index in [0.717, 1.165) is 22.6 Å². The third kappa shape index (κ3) is 1.86. The van der Waals surface area contributed by atoms with Gasteiger partial charge in [-0.3, -0.25) is 0 Å². The predicted molar refractivity (Wildman–Crippen MR) is 63.9 cm³/mol. The highest BCUT2D eigenvalue weighted by Crippen LogP contribution is 2.29. The Hall–Kier alpha value is -1.61. The quantitative estimate of drug-likeness (QED) is 0.858. The molecule has 0 unspecified atom stereocenters. The lowest BCUT2D eigenvalue weighted by Crippen LogP contribution is -2.00. The second-order valence-electron chi connectivity index (χ2n) is 4.08. The predicted octanol–water partition coefficient (Wildman–Crippen LogP) is 2.92. The van der Waals surface area contributed by atoms with Gasteiger partial charge >= 0.3 is 0 Å². The average molecular weight is 216 g/mol. The van der Waals surface area contributed by atoms with Crippen molar-refractivity contribution in [3.8, 4) is 11.3 Å². The molecule has 2 aromatic rings. The minimum Gasteiger partial charge on any atom is -0.448 e. The Morgan fingerprint density at radius 2 is 2.06 bits per heavy atom. The number of hydrogen-bond acceptors (Lipinski definition) is 3. The molecule has 3 heteroatoms. The minimum absolute atomic E-state index is 0.323. The van der Waals surface area contributed by atoms with Crippen LogP contribution in [0.25, 0.3) is 11.3 Å². The zero-order valence-electron chi connectivity index (χ0n) is 9.60. The molecule has 0 saturated heterocycles. The molecule has 2 N–H and O–H groups in total. The van der Waals surface area contributed by atoms with Crippen LogP contribution in [-0.2, 0) is 6.54 Å². The van der Waals surface area contributed by atoms with Crippen molar-refractivity contribution in [1.82, 2.24) is 4.98 Å². The van der Waals surface area contributed by atoms with Gasteiger partial charge in [0.2, 0.25) is 0 Å². The molecule has 0 fully saturated rings. The Bertz CT molecular complexity index is 474. The minimum atomic E-state index is 0.323. The van der Waals surface area contributed by atoms with Gasteiger partial charge in [-0.2, -0.15) is 0 Å². The van der Waals surface area contributed by atoms with E-state index in [-0.39, 0.29) is 0 Å². The summed E-state index contributed by atoms with van der Waals surface area (Å²) in [4.78, 5) is 4.29. The van der Waals surface area contributed by atoms with E-state index in [1.807, 2.05) is 24.3 Å². The lowest BCUT2D eigenvalue weighted by Gasteiger charge is -2.08. The van der Waals surface area contributed by atoms with E-state index in [0.29, 0.717) is 12.5 Å².